The first kappa shape index (κ1) is 16.9. The van der Waals surface area contributed by atoms with Crippen LogP contribution in [0.2, 0.25) is 0 Å². The topological polar surface area (TPSA) is 63.4 Å². The number of imidazole rings is 1. The number of rotatable bonds is 5. The van der Waals surface area contributed by atoms with E-state index in [1.807, 2.05) is 60.1 Å². The second kappa shape index (κ2) is 7.37. The highest BCUT2D eigenvalue weighted by molar-refractivity contribution is 5.95. The van der Waals surface area contributed by atoms with Crippen molar-refractivity contribution in [1.82, 2.24) is 24.3 Å². The van der Waals surface area contributed by atoms with Crippen LogP contribution >= 0.6 is 0 Å². The fourth-order valence-electron chi connectivity index (χ4n) is 3.02. The molecule has 0 spiro atoms. The fourth-order valence-corrected chi connectivity index (χ4v) is 3.02. The Morgan fingerprint density at radius 1 is 1.07 bits per heavy atom. The zero-order valence-corrected chi connectivity index (χ0v) is 15.0. The molecule has 0 fully saturated rings. The van der Waals surface area contributed by atoms with Gasteiger partial charge in [-0.2, -0.15) is 0 Å². The van der Waals surface area contributed by atoms with Crippen molar-refractivity contribution in [3.63, 3.8) is 0 Å². The smallest absolute Gasteiger partial charge is 0.253 e. The summed E-state index contributed by atoms with van der Waals surface area (Å²) in [6, 6.07) is 13.4. The third-order valence-electron chi connectivity index (χ3n) is 4.50. The van der Waals surface area contributed by atoms with Crippen LogP contribution in [-0.2, 0) is 6.42 Å². The van der Waals surface area contributed by atoms with E-state index in [9.17, 15) is 4.79 Å². The van der Waals surface area contributed by atoms with Crippen LogP contribution in [0.1, 0.15) is 16.1 Å². The fraction of sp³-hybridized carbons (Fsp3) is 0.143. The molecule has 1 aromatic carbocycles. The Bertz CT molecular complexity index is 1070. The maximum atomic E-state index is 12.8. The molecule has 6 nitrogen and oxygen atoms in total. The molecule has 0 saturated carbocycles. The van der Waals surface area contributed by atoms with Crippen LogP contribution in [0.25, 0.3) is 16.9 Å². The minimum absolute atomic E-state index is 0.0109. The van der Waals surface area contributed by atoms with E-state index in [-0.39, 0.29) is 5.91 Å². The maximum absolute atomic E-state index is 12.8. The number of carbonyl (C=O) groups is 1. The Balaban J connectivity index is 1.54. The van der Waals surface area contributed by atoms with Crippen molar-refractivity contribution in [2.45, 2.75) is 6.42 Å². The number of fused-ring (bicyclic) bond motifs is 1. The summed E-state index contributed by atoms with van der Waals surface area (Å²) < 4.78 is 1.96. The Labute approximate surface area is 157 Å². The number of amides is 1. The lowest BCUT2D eigenvalue weighted by Gasteiger charge is -2.17. The van der Waals surface area contributed by atoms with E-state index in [0.29, 0.717) is 12.1 Å². The van der Waals surface area contributed by atoms with E-state index in [0.717, 1.165) is 29.0 Å². The van der Waals surface area contributed by atoms with E-state index in [2.05, 4.69) is 15.0 Å². The number of pyridine rings is 1. The van der Waals surface area contributed by atoms with E-state index < -0.39 is 0 Å². The third kappa shape index (κ3) is 3.55. The van der Waals surface area contributed by atoms with Gasteiger partial charge in [-0.15, -0.1) is 0 Å². The summed E-state index contributed by atoms with van der Waals surface area (Å²) in [6.45, 7) is 0.612. The zero-order chi connectivity index (χ0) is 18.6. The Morgan fingerprint density at radius 3 is 2.85 bits per heavy atom. The van der Waals surface area contributed by atoms with Crippen molar-refractivity contribution >= 4 is 11.6 Å². The number of aromatic nitrogens is 4. The summed E-state index contributed by atoms with van der Waals surface area (Å²) in [6.07, 6.45) is 9.59. The van der Waals surface area contributed by atoms with E-state index in [1.165, 1.54) is 0 Å². The van der Waals surface area contributed by atoms with Gasteiger partial charge in [-0.25, -0.2) is 4.98 Å². The number of nitrogens with zero attached hydrogens (tertiary/aromatic N) is 5. The second-order valence-electron chi connectivity index (χ2n) is 6.33. The van der Waals surface area contributed by atoms with Gasteiger partial charge < -0.3 is 4.90 Å². The molecule has 4 rings (SSSR count). The van der Waals surface area contributed by atoms with Crippen molar-refractivity contribution in [2.24, 2.45) is 0 Å². The van der Waals surface area contributed by atoms with Gasteiger partial charge in [0.25, 0.3) is 5.91 Å². The molecular formula is C21H19N5O. The van der Waals surface area contributed by atoms with Gasteiger partial charge in [0.05, 0.1) is 18.1 Å². The first-order valence-corrected chi connectivity index (χ1v) is 8.75. The molecule has 3 heterocycles. The minimum Gasteiger partial charge on any atom is -0.341 e. The monoisotopic (exact) mass is 357 g/mol. The molecule has 6 heteroatoms. The normalized spacial score (nSPS) is 10.9. The molecule has 0 radical (unpaired) electrons. The van der Waals surface area contributed by atoms with Crippen molar-refractivity contribution < 1.29 is 4.79 Å². The molecule has 134 valence electrons. The van der Waals surface area contributed by atoms with Crippen LogP contribution in [0.3, 0.4) is 0 Å². The summed E-state index contributed by atoms with van der Waals surface area (Å²) in [7, 11) is 1.82. The van der Waals surface area contributed by atoms with Gasteiger partial charge in [-0.3, -0.25) is 19.2 Å². The van der Waals surface area contributed by atoms with Gasteiger partial charge in [0, 0.05) is 55.4 Å². The molecule has 0 saturated heterocycles. The molecule has 0 atom stereocenters. The average Bonchev–Trinajstić information content (AvgIpc) is 3.16. The standard InChI is InChI=1S/C21H19N5O/c1-25(11-8-18-7-2-3-9-23-18)21(27)17-6-4-5-16(13-17)19-14-24-20-15-22-10-12-26(19)20/h2-7,9-10,12-15H,8,11H2,1H3. The molecule has 1 amide bonds. The van der Waals surface area contributed by atoms with Gasteiger partial charge in [0.15, 0.2) is 5.65 Å². The molecule has 27 heavy (non-hydrogen) atoms. The minimum atomic E-state index is -0.0109. The number of benzene rings is 1. The molecule has 0 bridgehead atoms. The summed E-state index contributed by atoms with van der Waals surface area (Å²) in [5.41, 5.74) is 4.28. The summed E-state index contributed by atoms with van der Waals surface area (Å²) >= 11 is 0. The van der Waals surface area contributed by atoms with E-state index in [1.54, 1.807) is 29.7 Å². The predicted octanol–water partition coefficient (Wildman–Crippen LogP) is 3.11. The van der Waals surface area contributed by atoms with Crippen LogP contribution < -0.4 is 0 Å². The average molecular weight is 357 g/mol. The van der Waals surface area contributed by atoms with Crippen molar-refractivity contribution in [3.05, 3.63) is 84.7 Å². The molecule has 0 aliphatic rings. The first-order chi connectivity index (χ1) is 13.2. The Morgan fingerprint density at radius 2 is 2.00 bits per heavy atom. The molecule has 0 aliphatic carbocycles. The zero-order valence-electron chi connectivity index (χ0n) is 15.0. The van der Waals surface area contributed by atoms with Crippen molar-refractivity contribution in [3.8, 4) is 11.3 Å². The first-order valence-electron chi connectivity index (χ1n) is 8.75. The third-order valence-corrected chi connectivity index (χ3v) is 4.50. The summed E-state index contributed by atoms with van der Waals surface area (Å²) in [5, 5.41) is 0. The van der Waals surface area contributed by atoms with Crippen LogP contribution in [0.5, 0.6) is 0 Å². The SMILES string of the molecule is CN(CCc1ccccn1)C(=O)c1cccc(-c2cnc3cnccn23)c1. The number of likely N-dealkylation sites (N-methyl/N-ethyl adjacent to an activating group) is 1. The highest BCUT2D eigenvalue weighted by atomic mass is 16.2. The lowest BCUT2D eigenvalue weighted by atomic mass is 10.1. The molecule has 0 aliphatic heterocycles. The molecule has 0 unspecified atom stereocenters. The predicted molar refractivity (Wildman–Crippen MR) is 103 cm³/mol. The van der Waals surface area contributed by atoms with Gasteiger partial charge in [-0.1, -0.05) is 18.2 Å². The largest absolute Gasteiger partial charge is 0.341 e. The highest BCUT2D eigenvalue weighted by Gasteiger charge is 2.14. The van der Waals surface area contributed by atoms with Crippen molar-refractivity contribution in [1.29, 1.82) is 0 Å². The lowest BCUT2D eigenvalue weighted by molar-refractivity contribution is 0.0796. The number of carbonyl (C=O) groups excluding carboxylic acids is 1. The summed E-state index contributed by atoms with van der Waals surface area (Å²) in [4.78, 5) is 27.3. The van der Waals surface area contributed by atoms with Gasteiger partial charge in [0.2, 0.25) is 0 Å². The van der Waals surface area contributed by atoms with Gasteiger partial charge in [0.1, 0.15) is 0 Å². The Hall–Kier alpha value is -3.54. The Kier molecular flexibility index (Phi) is 4.61. The lowest BCUT2D eigenvalue weighted by Crippen LogP contribution is -2.29. The van der Waals surface area contributed by atoms with Crippen molar-refractivity contribution in [2.75, 3.05) is 13.6 Å². The molecule has 4 aromatic rings. The molecular weight excluding hydrogens is 338 g/mol. The van der Waals surface area contributed by atoms with Crippen LogP contribution in [0.15, 0.2) is 73.4 Å². The van der Waals surface area contributed by atoms with Gasteiger partial charge >= 0.3 is 0 Å². The van der Waals surface area contributed by atoms with E-state index in [4.69, 9.17) is 0 Å². The van der Waals surface area contributed by atoms with Crippen LogP contribution in [0, 0.1) is 0 Å². The number of hydrogen-bond acceptors (Lipinski definition) is 4. The van der Waals surface area contributed by atoms with Gasteiger partial charge in [-0.05, 0) is 24.3 Å². The molecule has 3 aromatic heterocycles. The quantitative estimate of drug-likeness (QED) is 0.551. The molecule has 0 N–H and O–H groups in total. The van der Waals surface area contributed by atoms with Crippen LogP contribution in [-0.4, -0.2) is 43.8 Å². The number of hydrogen-bond donors (Lipinski definition) is 0. The second-order valence-corrected chi connectivity index (χ2v) is 6.33. The maximum Gasteiger partial charge on any atom is 0.253 e. The highest BCUT2D eigenvalue weighted by Crippen LogP contribution is 2.22. The van der Waals surface area contributed by atoms with E-state index >= 15 is 0 Å². The van der Waals surface area contributed by atoms with Crippen LogP contribution in [0.4, 0.5) is 0 Å². The summed E-state index contributed by atoms with van der Waals surface area (Å²) in [5.74, 6) is -0.0109.